The van der Waals surface area contributed by atoms with Gasteiger partial charge in [0.05, 0.1) is 0 Å². The van der Waals surface area contributed by atoms with Gasteiger partial charge in [-0.05, 0) is 24.4 Å². The first-order chi connectivity index (χ1) is 12.9. The minimum absolute atomic E-state index is 0.00634. The third kappa shape index (κ3) is 4.73. The van der Waals surface area contributed by atoms with Gasteiger partial charge in [-0.15, -0.1) is 0 Å². The van der Waals surface area contributed by atoms with Crippen molar-refractivity contribution in [2.45, 2.75) is 25.4 Å². The van der Waals surface area contributed by atoms with Crippen molar-refractivity contribution in [3.8, 4) is 11.5 Å². The number of benzene rings is 1. The van der Waals surface area contributed by atoms with E-state index in [1.807, 2.05) is 0 Å². The zero-order valence-corrected chi connectivity index (χ0v) is 14.5. The minimum atomic E-state index is -1.52. The van der Waals surface area contributed by atoms with E-state index in [-0.39, 0.29) is 30.2 Å². The van der Waals surface area contributed by atoms with Gasteiger partial charge in [0.15, 0.2) is 0 Å². The van der Waals surface area contributed by atoms with Gasteiger partial charge in [-0.3, -0.25) is 4.90 Å². The Morgan fingerprint density at radius 1 is 1.26 bits per heavy atom. The lowest BCUT2D eigenvalue weighted by Gasteiger charge is -2.39. The molecule has 0 unspecified atom stereocenters. The fourth-order valence-electron chi connectivity index (χ4n) is 2.98. The highest BCUT2D eigenvalue weighted by Gasteiger charge is 2.31. The van der Waals surface area contributed by atoms with Crippen molar-refractivity contribution in [2.75, 3.05) is 13.1 Å². The Kier molecular flexibility index (Phi) is 5.89. The van der Waals surface area contributed by atoms with E-state index in [0.29, 0.717) is 25.2 Å². The normalized spacial score (nSPS) is 14.6. The summed E-state index contributed by atoms with van der Waals surface area (Å²) in [6.45, 7) is 1.92. The molecular formula is C17H20BN3O6. The zero-order chi connectivity index (χ0) is 19.4. The highest BCUT2D eigenvalue weighted by molar-refractivity contribution is 6.41. The van der Waals surface area contributed by atoms with Gasteiger partial charge in [-0.1, -0.05) is 6.07 Å². The number of hydrogen-bond acceptors (Lipinski definition) is 8. The zero-order valence-electron chi connectivity index (χ0n) is 14.5. The van der Waals surface area contributed by atoms with Crippen LogP contribution in [0.3, 0.4) is 0 Å². The fraction of sp³-hybridized carbons (Fsp3) is 0.353. The molecule has 1 fully saturated rings. The van der Waals surface area contributed by atoms with Gasteiger partial charge in [0, 0.05) is 37.6 Å². The molecule has 1 aromatic heterocycles. The number of carbonyl (C=O) groups is 1. The summed E-state index contributed by atoms with van der Waals surface area (Å²) in [5.41, 5.74) is 0.997. The SMILES string of the molecule is O=C(O)c1c(OC2CN(Cc3cncnc3)C2)ccc(CCB(O)O)c1O. The molecule has 9 nitrogen and oxygen atoms in total. The summed E-state index contributed by atoms with van der Waals surface area (Å²) in [6, 6.07) is 3.03. The van der Waals surface area contributed by atoms with Crippen LogP contribution in [0.15, 0.2) is 30.9 Å². The number of aromatic carboxylic acids is 1. The summed E-state index contributed by atoms with van der Waals surface area (Å²) in [4.78, 5) is 21.6. The Balaban J connectivity index is 1.63. The fourth-order valence-corrected chi connectivity index (χ4v) is 2.98. The average Bonchev–Trinajstić information content (AvgIpc) is 2.59. The molecule has 0 spiro atoms. The lowest BCUT2D eigenvalue weighted by atomic mass is 9.82. The summed E-state index contributed by atoms with van der Waals surface area (Å²) < 4.78 is 5.76. The van der Waals surface area contributed by atoms with Crippen LogP contribution in [0.4, 0.5) is 0 Å². The number of carboxylic acids is 1. The minimum Gasteiger partial charge on any atom is -0.507 e. The highest BCUT2D eigenvalue weighted by atomic mass is 16.5. The van der Waals surface area contributed by atoms with Crippen LogP contribution in [0, 0.1) is 0 Å². The van der Waals surface area contributed by atoms with E-state index in [4.69, 9.17) is 14.8 Å². The van der Waals surface area contributed by atoms with E-state index in [9.17, 15) is 15.0 Å². The molecule has 1 saturated heterocycles. The Hall–Kier alpha value is -2.69. The molecule has 142 valence electrons. The van der Waals surface area contributed by atoms with Gasteiger partial charge in [0.25, 0.3) is 0 Å². The number of hydrogen-bond donors (Lipinski definition) is 4. The molecule has 0 aliphatic carbocycles. The van der Waals surface area contributed by atoms with Gasteiger partial charge < -0.3 is 25.0 Å². The second-order valence-corrected chi connectivity index (χ2v) is 6.45. The number of likely N-dealkylation sites (tertiary alicyclic amines) is 1. The van der Waals surface area contributed by atoms with Crippen LogP contribution in [-0.2, 0) is 13.0 Å². The summed E-state index contributed by atoms with van der Waals surface area (Å²) in [5, 5.41) is 37.6. The van der Waals surface area contributed by atoms with Gasteiger partial charge in [0.1, 0.15) is 29.5 Å². The second-order valence-electron chi connectivity index (χ2n) is 6.45. The first-order valence-corrected chi connectivity index (χ1v) is 8.51. The van der Waals surface area contributed by atoms with Crippen molar-refractivity contribution in [3.63, 3.8) is 0 Å². The molecule has 3 rings (SSSR count). The van der Waals surface area contributed by atoms with Crippen molar-refractivity contribution < 1.29 is 29.8 Å². The maximum absolute atomic E-state index is 11.6. The predicted molar refractivity (Wildman–Crippen MR) is 95.5 cm³/mol. The van der Waals surface area contributed by atoms with Gasteiger partial charge in [-0.2, -0.15) is 0 Å². The molecule has 0 amide bonds. The summed E-state index contributed by atoms with van der Waals surface area (Å²) in [6.07, 6.45) is 4.90. The Morgan fingerprint density at radius 3 is 2.59 bits per heavy atom. The number of ether oxygens (including phenoxy) is 1. The van der Waals surface area contributed by atoms with Gasteiger partial charge in [-0.25, -0.2) is 14.8 Å². The molecule has 1 aliphatic rings. The number of rotatable bonds is 8. The van der Waals surface area contributed by atoms with E-state index < -0.39 is 18.8 Å². The quantitative estimate of drug-likeness (QED) is 0.477. The van der Waals surface area contributed by atoms with Crippen LogP contribution in [0.25, 0.3) is 0 Å². The van der Waals surface area contributed by atoms with Crippen LogP contribution in [0.2, 0.25) is 6.32 Å². The number of aryl methyl sites for hydroxylation is 1. The lowest BCUT2D eigenvalue weighted by Crippen LogP contribution is -2.53. The van der Waals surface area contributed by atoms with Crippen LogP contribution >= 0.6 is 0 Å². The van der Waals surface area contributed by atoms with E-state index in [1.165, 1.54) is 18.5 Å². The molecule has 27 heavy (non-hydrogen) atoms. The number of phenols is 1. The molecule has 10 heteroatoms. The Bertz CT molecular complexity index is 799. The first kappa shape index (κ1) is 19.1. The monoisotopic (exact) mass is 373 g/mol. The highest BCUT2D eigenvalue weighted by Crippen LogP contribution is 2.34. The smallest absolute Gasteiger partial charge is 0.451 e. The third-order valence-electron chi connectivity index (χ3n) is 4.35. The molecule has 0 saturated carbocycles. The Labute approximate surface area is 156 Å². The largest absolute Gasteiger partial charge is 0.507 e. The second kappa shape index (κ2) is 8.34. The molecule has 1 aliphatic heterocycles. The summed E-state index contributed by atoms with van der Waals surface area (Å²) in [7, 11) is -1.52. The molecule has 2 heterocycles. The van der Waals surface area contributed by atoms with Crippen molar-refractivity contribution in [1.29, 1.82) is 0 Å². The maximum Gasteiger partial charge on any atom is 0.451 e. The predicted octanol–water partition coefficient (Wildman–Crippen LogP) is 0.159. The van der Waals surface area contributed by atoms with Crippen LogP contribution < -0.4 is 4.74 Å². The molecule has 0 radical (unpaired) electrons. The van der Waals surface area contributed by atoms with Crippen molar-refractivity contribution in [2.24, 2.45) is 0 Å². The molecule has 4 N–H and O–H groups in total. The molecule has 2 aromatic rings. The summed E-state index contributed by atoms with van der Waals surface area (Å²) in [5.74, 6) is -1.61. The molecule has 0 bridgehead atoms. The van der Waals surface area contributed by atoms with Gasteiger partial charge in [0.2, 0.25) is 0 Å². The van der Waals surface area contributed by atoms with E-state index in [1.54, 1.807) is 12.4 Å². The number of nitrogens with zero attached hydrogens (tertiary/aromatic N) is 3. The topological polar surface area (TPSA) is 136 Å². The Morgan fingerprint density at radius 2 is 1.96 bits per heavy atom. The van der Waals surface area contributed by atoms with Crippen LogP contribution in [-0.4, -0.2) is 67.4 Å². The number of carboxylic acid groups (broad SMARTS) is 1. The number of aromatic hydroxyl groups is 1. The summed E-state index contributed by atoms with van der Waals surface area (Å²) >= 11 is 0. The molecule has 0 atom stereocenters. The molecule has 1 aromatic carbocycles. The van der Waals surface area contributed by atoms with Crippen LogP contribution in [0.5, 0.6) is 11.5 Å². The maximum atomic E-state index is 11.6. The van der Waals surface area contributed by atoms with Crippen molar-refractivity contribution in [3.05, 3.63) is 47.5 Å². The molecular weight excluding hydrogens is 353 g/mol. The van der Waals surface area contributed by atoms with Crippen LogP contribution in [0.1, 0.15) is 21.5 Å². The van der Waals surface area contributed by atoms with E-state index in [0.717, 1.165) is 5.56 Å². The third-order valence-corrected chi connectivity index (χ3v) is 4.35. The lowest BCUT2D eigenvalue weighted by molar-refractivity contribution is 0.0133. The average molecular weight is 373 g/mol. The van der Waals surface area contributed by atoms with Crippen molar-refractivity contribution in [1.82, 2.24) is 14.9 Å². The van der Waals surface area contributed by atoms with Crippen molar-refractivity contribution >= 4 is 13.1 Å². The number of aromatic nitrogens is 2. The first-order valence-electron chi connectivity index (χ1n) is 8.51. The van der Waals surface area contributed by atoms with E-state index >= 15 is 0 Å². The van der Waals surface area contributed by atoms with E-state index in [2.05, 4.69) is 14.9 Å². The van der Waals surface area contributed by atoms with Gasteiger partial charge >= 0.3 is 13.1 Å². The standard InChI is InChI=1S/C17H20BN3O6/c22-16-12(3-4-18(25)26)1-2-14(15(16)17(23)24)27-13-8-21(9-13)7-11-5-19-10-20-6-11/h1-2,5-6,10,13,22,25-26H,3-4,7-9H2,(H,23,24).